The molecule has 3 nitrogen and oxygen atoms in total. The molecule has 1 aromatic heterocycles. The highest BCUT2D eigenvalue weighted by Gasteiger charge is 2.12. The molecular weight excluding hydrogens is 224 g/mol. The second-order valence-corrected chi connectivity index (χ2v) is 5.02. The van der Waals surface area contributed by atoms with Crippen molar-refractivity contribution >= 4 is 10.9 Å². The van der Waals surface area contributed by atoms with Gasteiger partial charge in [-0.05, 0) is 56.1 Å². The lowest BCUT2D eigenvalue weighted by atomic mass is 10.1. The molecular formula is C15H20N2O. The van der Waals surface area contributed by atoms with Crippen LogP contribution >= 0.6 is 0 Å². The van der Waals surface area contributed by atoms with Crippen LogP contribution in [0, 0.1) is 0 Å². The van der Waals surface area contributed by atoms with Crippen molar-refractivity contribution in [2.45, 2.75) is 19.3 Å². The molecule has 1 N–H and O–H groups in total. The summed E-state index contributed by atoms with van der Waals surface area (Å²) in [5.41, 5.74) is 2.60. The number of H-pyrrole nitrogens is 1. The number of aromatic amines is 1. The summed E-state index contributed by atoms with van der Waals surface area (Å²) in [6, 6.07) is 6.22. The molecule has 0 radical (unpaired) electrons. The summed E-state index contributed by atoms with van der Waals surface area (Å²) in [4.78, 5) is 5.90. The van der Waals surface area contributed by atoms with Crippen LogP contribution in [0.5, 0.6) is 5.75 Å². The second-order valence-electron chi connectivity index (χ2n) is 5.02. The first-order valence-corrected chi connectivity index (χ1v) is 6.73. The molecule has 2 aromatic rings. The van der Waals surface area contributed by atoms with Gasteiger partial charge in [-0.3, -0.25) is 0 Å². The molecule has 18 heavy (non-hydrogen) atoms. The van der Waals surface area contributed by atoms with Gasteiger partial charge in [-0.1, -0.05) is 0 Å². The van der Waals surface area contributed by atoms with Crippen LogP contribution in [0.4, 0.5) is 0 Å². The van der Waals surface area contributed by atoms with E-state index in [1.807, 2.05) is 6.07 Å². The Labute approximate surface area is 108 Å². The van der Waals surface area contributed by atoms with Gasteiger partial charge in [0.05, 0.1) is 7.11 Å². The zero-order chi connectivity index (χ0) is 12.4. The molecule has 0 aliphatic carbocycles. The zero-order valence-corrected chi connectivity index (χ0v) is 10.9. The van der Waals surface area contributed by atoms with Crippen LogP contribution in [0.15, 0.2) is 24.4 Å². The van der Waals surface area contributed by atoms with E-state index in [1.54, 1.807) is 7.11 Å². The highest BCUT2D eigenvalue weighted by atomic mass is 16.5. The van der Waals surface area contributed by atoms with E-state index in [4.69, 9.17) is 4.74 Å². The Morgan fingerprint density at radius 2 is 2.11 bits per heavy atom. The predicted molar refractivity (Wildman–Crippen MR) is 74.2 cm³/mol. The van der Waals surface area contributed by atoms with Crippen LogP contribution in [0.25, 0.3) is 10.9 Å². The van der Waals surface area contributed by atoms with Gasteiger partial charge >= 0.3 is 0 Å². The summed E-state index contributed by atoms with van der Waals surface area (Å²) in [5, 5.41) is 1.30. The zero-order valence-electron chi connectivity index (χ0n) is 10.9. The molecule has 2 heterocycles. The molecule has 0 saturated carbocycles. The number of fused-ring (bicyclic) bond motifs is 1. The third-order valence-corrected chi connectivity index (χ3v) is 3.87. The number of methoxy groups -OCH3 is 1. The molecule has 1 aromatic carbocycles. The van der Waals surface area contributed by atoms with Gasteiger partial charge in [0.1, 0.15) is 5.75 Å². The van der Waals surface area contributed by atoms with Gasteiger partial charge in [0.15, 0.2) is 0 Å². The Hall–Kier alpha value is -1.48. The predicted octanol–water partition coefficient (Wildman–Crippen LogP) is 2.81. The minimum atomic E-state index is 0.935. The van der Waals surface area contributed by atoms with Crippen molar-refractivity contribution in [1.29, 1.82) is 0 Å². The average Bonchev–Trinajstić information content (AvgIpc) is 3.05. The Balaban J connectivity index is 1.78. The fourth-order valence-electron chi connectivity index (χ4n) is 2.78. The lowest BCUT2D eigenvalue weighted by molar-refractivity contribution is 0.344. The SMILES string of the molecule is COc1ccc2[nH]cc(CCN3CCCC3)c2c1. The van der Waals surface area contributed by atoms with E-state index < -0.39 is 0 Å². The summed E-state index contributed by atoms with van der Waals surface area (Å²) >= 11 is 0. The normalized spacial score (nSPS) is 16.5. The molecule has 0 atom stereocenters. The Morgan fingerprint density at radius 1 is 1.28 bits per heavy atom. The average molecular weight is 244 g/mol. The molecule has 0 amide bonds. The van der Waals surface area contributed by atoms with E-state index in [0.717, 1.165) is 12.2 Å². The maximum absolute atomic E-state index is 5.30. The first-order valence-electron chi connectivity index (χ1n) is 6.73. The molecule has 0 unspecified atom stereocenters. The monoisotopic (exact) mass is 244 g/mol. The Bertz CT molecular complexity index is 526. The van der Waals surface area contributed by atoms with Crippen LogP contribution in [0.2, 0.25) is 0 Å². The van der Waals surface area contributed by atoms with Gasteiger partial charge in [0.2, 0.25) is 0 Å². The van der Waals surface area contributed by atoms with E-state index in [2.05, 4.69) is 28.2 Å². The van der Waals surface area contributed by atoms with E-state index in [-0.39, 0.29) is 0 Å². The fraction of sp³-hybridized carbons (Fsp3) is 0.467. The van der Waals surface area contributed by atoms with Gasteiger partial charge in [0, 0.05) is 23.6 Å². The van der Waals surface area contributed by atoms with Crippen molar-refractivity contribution in [1.82, 2.24) is 9.88 Å². The van der Waals surface area contributed by atoms with Gasteiger partial charge in [-0.15, -0.1) is 0 Å². The molecule has 1 aliphatic rings. The summed E-state index contributed by atoms with van der Waals surface area (Å²) in [6.07, 6.45) is 5.98. The van der Waals surface area contributed by atoms with Gasteiger partial charge < -0.3 is 14.6 Å². The maximum Gasteiger partial charge on any atom is 0.119 e. The van der Waals surface area contributed by atoms with Crippen molar-refractivity contribution in [3.63, 3.8) is 0 Å². The standard InChI is InChI=1S/C15H20N2O/c1-18-13-4-5-15-14(10-13)12(11-16-15)6-9-17-7-2-3-8-17/h4-5,10-11,16H,2-3,6-9H2,1H3. The smallest absolute Gasteiger partial charge is 0.119 e. The van der Waals surface area contributed by atoms with Crippen molar-refractivity contribution in [3.05, 3.63) is 30.0 Å². The molecule has 1 fully saturated rings. The van der Waals surface area contributed by atoms with E-state index in [9.17, 15) is 0 Å². The van der Waals surface area contributed by atoms with Crippen LogP contribution in [0.1, 0.15) is 18.4 Å². The number of aromatic nitrogens is 1. The molecule has 1 saturated heterocycles. The Kier molecular flexibility index (Phi) is 3.24. The molecule has 3 rings (SSSR count). The number of rotatable bonds is 4. The minimum absolute atomic E-state index is 0.935. The largest absolute Gasteiger partial charge is 0.497 e. The summed E-state index contributed by atoms with van der Waals surface area (Å²) in [5.74, 6) is 0.935. The van der Waals surface area contributed by atoms with Crippen LogP contribution in [0.3, 0.4) is 0 Å². The second kappa shape index (κ2) is 5.02. The third kappa shape index (κ3) is 2.23. The van der Waals surface area contributed by atoms with Crippen LogP contribution in [-0.2, 0) is 6.42 Å². The molecule has 3 heteroatoms. The van der Waals surface area contributed by atoms with Gasteiger partial charge in [0.25, 0.3) is 0 Å². The van der Waals surface area contributed by atoms with E-state index in [1.165, 1.54) is 48.9 Å². The topological polar surface area (TPSA) is 28.3 Å². The van der Waals surface area contributed by atoms with Crippen LogP contribution < -0.4 is 4.74 Å². The summed E-state index contributed by atoms with van der Waals surface area (Å²) in [7, 11) is 1.72. The van der Waals surface area contributed by atoms with Gasteiger partial charge in [-0.2, -0.15) is 0 Å². The van der Waals surface area contributed by atoms with Crippen molar-refractivity contribution in [3.8, 4) is 5.75 Å². The molecule has 96 valence electrons. The number of nitrogens with one attached hydrogen (secondary N) is 1. The minimum Gasteiger partial charge on any atom is -0.497 e. The highest BCUT2D eigenvalue weighted by Crippen LogP contribution is 2.24. The summed E-state index contributed by atoms with van der Waals surface area (Å²) in [6.45, 7) is 3.71. The van der Waals surface area contributed by atoms with E-state index >= 15 is 0 Å². The van der Waals surface area contributed by atoms with Crippen LogP contribution in [-0.4, -0.2) is 36.6 Å². The summed E-state index contributed by atoms with van der Waals surface area (Å²) < 4.78 is 5.30. The molecule has 1 aliphatic heterocycles. The maximum atomic E-state index is 5.30. The van der Waals surface area contributed by atoms with Crippen molar-refractivity contribution < 1.29 is 4.74 Å². The lowest BCUT2D eigenvalue weighted by Crippen LogP contribution is -2.21. The lowest BCUT2D eigenvalue weighted by Gasteiger charge is -2.13. The number of hydrogen-bond donors (Lipinski definition) is 1. The fourth-order valence-corrected chi connectivity index (χ4v) is 2.78. The Morgan fingerprint density at radius 3 is 2.89 bits per heavy atom. The number of likely N-dealkylation sites (tertiary alicyclic amines) is 1. The highest BCUT2D eigenvalue weighted by molar-refractivity contribution is 5.84. The first-order chi connectivity index (χ1) is 8.86. The van der Waals surface area contributed by atoms with Crippen molar-refractivity contribution in [2.75, 3.05) is 26.7 Å². The number of benzene rings is 1. The molecule has 0 bridgehead atoms. The molecule has 0 spiro atoms. The van der Waals surface area contributed by atoms with Gasteiger partial charge in [-0.25, -0.2) is 0 Å². The first kappa shape index (κ1) is 11.6. The van der Waals surface area contributed by atoms with Crippen molar-refractivity contribution in [2.24, 2.45) is 0 Å². The number of nitrogens with zero attached hydrogens (tertiary/aromatic N) is 1. The third-order valence-electron chi connectivity index (χ3n) is 3.87. The number of hydrogen-bond acceptors (Lipinski definition) is 2. The van der Waals surface area contributed by atoms with E-state index in [0.29, 0.717) is 0 Å². The quantitative estimate of drug-likeness (QED) is 0.895. The number of ether oxygens (including phenoxy) is 1.